The third-order valence-corrected chi connectivity index (χ3v) is 8.07. The van der Waals surface area contributed by atoms with Gasteiger partial charge in [-0.05, 0) is 21.2 Å². The molecule has 2 aliphatic heterocycles. The van der Waals surface area contributed by atoms with Crippen molar-refractivity contribution in [3.8, 4) is 5.88 Å². The Morgan fingerprint density at radius 3 is 2.70 bits per heavy atom. The first-order valence-corrected chi connectivity index (χ1v) is 12.6. The summed E-state index contributed by atoms with van der Waals surface area (Å²) < 4.78 is 11.8. The molecular formula is C19H22N8O8S2. The largest absolute Gasteiger partial charge is 0.491 e. The molecule has 4 heterocycles. The minimum absolute atomic E-state index is 0.197. The molecule has 0 radical (unpaired) electrons. The normalized spacial score (nSPS) is 20.9. The number of aliphatic carboxylic acids is 1. The lowest BCUT2D eigenvalue weighted by molar-refractivity contribution is -0.192. The number of carboxylic acids is 1. The molecule has 2 aromatic heterocycles. The quantitative estimate of drug-likeness (QED) is 0.186. The van der Waals surface area contributed by atoms with Crippen molar-refractivity contribution in [2.24, 2.45) is 7.05 Å². The number of hydrogen-bond acceptors (Lipinski definition) is 13. The molecule has 3 N–H and O–H groups in total. The van der Waals surface area contributed by atoms with Crippen LogP contribution in [-0.2, 0) is 32.6 Å². The Labute approximate surface area is 217 Å². The average Bonchev–Trinajstić information content (AvgIpc) is 3.43. The average molecular weight is 555 g/mol. The zero-order chi connectivity index (χ0) is 27.1. The van der Waals surface area contributed by atoms with Crippen LogP contribution in [-0.4, -0.2) is 113 Å². The minimum Gasteiger partial charge on any atom is -0.491 e. The number of carboxylic acid groups (broad SMARTS) is 1. The molecule has 2 aromatic rings. The monoisotopic (exact) mass is 554 g/mol. The second-order valence-electron chi connectivity index (χ2n) is 8.14. The van der Waals surface area contributed by atoms with Crippen LogP contribution in [0.1, 0.15) is 16.1 Å². The highest BCUT2D eigenvalue weighted by Gasteiger charge is 2.66. The number of aromatic nitrogens is 5. The van der Waals surface area contributed by atoms with Crippen LogP contribution < -0.4 is 5.32 Å². The van der Waals surface area contributed by atoms with Gasteiger partial charge in [0.15, 0.2) is 5.76 Å². The minimum atomic E-state index is -1.84. The van der Waals surface area contributed by atoms with Crippen LogP contribution in [0.2, 0.25) is 0 Å². The van der Waals surface area contributed by atoms with Gasteiger partial charge >= 0.3 is 5.97 Å². The fourth-order valence-electron chi connectivity index (χ4n) is 3.82. The predicted octanol–water partition coefficient (Wildman–Crippen LogP) is -1.35. The summed E-state index contributed by atoms with van der Waals surface area (Å²) in [6.07, 6.45) is -0.534. The Morgan fingerprint density at radius 2 is 2.11 bits per heavy atom. The molecule has 1 saturated heterocycles. The highest BCUT2D eigenvalue weighted by Crippen LogP contribution is 2.47. The number of aromatic hydroxyl groups is 1. The van der Waals surface area contributed by atoms with Gasteiger partial charge < -0.3 is 29.7 Å². The summed E-state index contributed by atoms with van der Waals surface area (Å²) in [7, 11) is 5.76. The summed E-state index contributed by atoms with van der Waals surface area (Å²) >= 11 is 2.44. The Hall–Kier alpha value is -3.64. The second kappa shape index (κ2) is 10.0. The molecular weight excluding hydrogens is 532 g/mol. The zero-order valence-corrected chi connectivity index (χ0v) is 21.6. The number of thioether (sulfide) groups is 2. The van der Waals surface area contributed by atoms with E-state index in [4.69, 9.17) is 9.26 Å². The maximum absolute atomic E-state index is 13.2. The number of aryl methyl sites for hydroxylation is 1. The lowest BCUT2D eigenvalue weighted by atomic mass is 9.98. The van der Waals surface area contributed by atoms with E-state index >= 15 is 0 Å². The number of amides is 3. The molecule has 0 spiro atoms. The van der Waals surface area contributed by atoms with Gasteiger partial charge in [-0.2, -0.15) is 0 Å². The number of nitrogens with one attached hydrogen (secondary N) is 1. The fraction of sp³-hybridized carbons (Fsp3) is 0.474. The van der Waals surface area contributed by atoms with E-state index in [2.05, 4.69) is 26.0 Å². The number of carbonyl (C=O) groups excluding carboxylic acids is 3. The molecule has 2 aliphatic rings. The molecule has 37 heavy (non-hydrogen) atoms. The third-order valence-electron chi connectivity index (χ3n) is 5.60. The van der Waals surface area contributed by atoms with Crippen molar-refractivity contribution in [3.63, 3.8) is 0 Å². The van der Waals surface area contributed by atoms with Crippen molar-refractivity contribution >= 4 is 47.2 Å². The predicted molar refractivity (Wildman–Crippen MR) is 125 cm³/mol. The molecule has 18 heteroatoms. The maximum atomic E-state index is 13.2. The number of carbonyl (C=O) groups is 4. The lowest BCUT2D eigenvalue weighted by Crippen LogP contribution is -2.80. The first-order chi connectivity index (χ1) is 17.5. The molecule has 198 valence electrons. The fourth-order valence-corrected chi connectivity index (χ4v) is 6.25. The standard InChI is InChI=1S/C19H22N8O8S2/c1-25(2)14(30)11-9(35-22-13(11)29)5-10(28)20-19(34-4)16(33)27-12(15(31)32)8(6-36-17(19)27)7-37-18-21-23-24-26(18)3/h17H,5-7H2,1-4H3,(H,20,28)(H,22,29)(H,31,32)/t17-,19-/m0/s1. The summed E-state index contributed by atoms with van der Waals surface area (Å²) in [5, 5.41) is 36.3. The zero-order valence-electron chi connectivity index (χ0n) is 20.0. The molecule has 1 fully saturated rings. The summed E-state index contributed by atoms with van der Waals surface area (Å²) in [6, 6.07) is 0. The van der Waals surface area contributed by atoms with Crippen LogP contribution in [0.4, 0.5) is 0 Å². The number of nitrogens with zero attached hydrogens (tertiary/aromatic N) is 7. The van der Waals surface area contributed by atoms with Crippen LogP contribution >= 0.6 is 23.5 Å². The summed E-state index contributed by atoms with van der Waals surface area (Å²) in [4.78, 5) is 52.8. The van der Waals surface area contributed by atoms with Crippen molar-refractivity contribution in [1.29, 1.82) is 0 Å². The van der Waals surface area contributed by atoms with E-state index in [9.17, 15) is 29.4 Å². The molecule has 4 rings (SSSR count). The van der Waals surface area contributed by atoms with Gasteiger partial charge in [-0.1, -0.05) is 11.8 Å². The van der Waals surface area contributed by atoms with E-state index < -0.39 is 47.1 Å². The molecule has 3 amide bonds. The van der Waals surface area contributed by atoms with Crippen molar-refractivity contribution in [3.05, 3.63) is 22.6 Å². The van der Waals surface area contributed by atoms with Crippen LogP contribution in [0, 0.1) is 0 Å². The number of β-lactam (4-membered cyclic amide) rings is 1. The van der Waals surface area contributed by atoms with E-state index in [0.717, 1.165) is 4.90 Å². The molecule has 0 unspecified atom stereocenters. The topological polar surface area (TPSA) is 206 Å². The Kier molecular flexibility index (Phi) is 7.16. The number of methoxy groups -OCH3 is 1. The first-order valence-electron chi connectivity index (χ1n) is 10.5. The Bertz CT molecular complexity index is 1310. The third kappa shape index (κ3) is 4.51. The first kappa shape index (κ1) is 26.4. The van der Waals surface area contributed by atoms with Crippen molar-refractivity contribution in [2.75, 3.05) is 32.7 Å². The number of fused-ring (bicyclic) bond motifs is 1. The molecule has 0 saturated carbocycles. The van der Waals surface area contributed by atoms with E-state index in [1.165, 1.54) is 54.3 Å². The van der Waals surface area contributed by atoms with Gasteiger partial charge in [0.25, 0.3) is 23.4 Å². The van der Waals surface area contributed by atoms with Crippen molar-refractivity contribution in [2.45, 2.75) is 22.7 Å². The molecule has 0 aromatic carbocycles. The Balaban J connectivity index is 1.53. The van der Waals surface area contributed by atoms with Crippen LogP contribution in [0.5, 0.6) is 5.88 Å². The second-order valence-corrected chi connectivity index (χ2v) is 10.1. The lowest BCUT2D eigenvalue weighted by Gasteiger charge is -2.55. The van der Waals surface area contributed by atoms with Gasteiger partial charge in [0.05, 0.1) is 6.42 Å². The van der Waals surface area contributed by atoms with Gasteiger partial charge in [-0.15, -0.1) is 16.9 Å². The highest BCUT2D eigenvalue weighted by molar-refractivity contribution is 8.01. The van der Waals surface area contributed by atoms with Crippen molar-refractivity contribution < 1.29 is 38.7 Å². The van der Waals surface area contributed by atoms with Gasteiger partial charge in [0, 0.05) is 39.8 Å². The molecule has 16 nitrogen and oxygen atoms in total. The highest BCUT2D eigenvalue weighted by atomic mass is 32.2. The van der Waals surface area contributed by atoms with Gasteiger partial charge in [0.2, 0.25) is 11.1 Å². The smallest absolute Gasteiger partial charge is 0.352 e. The summed E-state index contributed by atoms with van der Waals surface area (Å²) in [6.45, 7) is 0. The van der Waals surface area contributed by atoms with E-state index in [1.54, 1.807) is 7.05 Å². The maximum Gasteiger partial charge on any atom is 0.352 e. The molecule has 0 bridgehead atoms. The van der Waals surface area contributed by atoms with Crippen molar-refractivity contribution in [1.82, 2.24) is 40.5 Å². The Morgan fingerprint density at radius 1 is 1.38 bits per heavy atom. The van der Waals surface area contributed by atoms with Gasteiger partial charge in [-0.3, -0.25) is 19.3 Å². The summed E-state index contributed by atoms with van der Waals surface area (Å²) in [5.41, 5.74) is -1.84. The van der Waals surface area contributed by atoms with E-state index in [0.29, 0.717) is 10.7 Å². The van der Waals surface area contributed by atoms with E-state index in [1.807, 2.05) is 0 Å². The SMILES string of the molecule is CO[C@@]1(NC(=O)Cc2onc(O)c2C(=O)N(C)C)C(=O)N2C(C(=O)O)=C(CSc3nnnn3C)CS[C@H]21. The number of tetrazole rings is 1. The van der Waals surface area contributed by atoms with Crippen LogP contribution in [0.15, 0.2) is 20.9 Å². The van der Waals surface area contributed by atoms with Crippen LogP contribution in [0.25, 0.3) is 0 Å². The summed E-state index contributed by atoms with van der Waals surface area (Å²) in [5.74, 6) is -3.88. The van der Waals surface area contributed by atoms with Crippen LogP contribution in [0.3, 0.4) is 0 Å². The number of ether oxygens (including phenoxy) is 1. The molecule has 2 atom stereocenters. The van der Waals surface area contributed by atoms with Gasteiger partial charge in [0.1, 0.15) is 16.6 Å². The number of hydrogen-bond donors (Lipinski definition) is 3. The van der Waals surface area contributed by atoms with E-state index in [-0.39, 0.29) is 28.5 Å². The van der Waals surface area contributed by atoms with Gasteiger partial charge in [-0.25, -0.2) is 9.48 Å². The molecule has 0 aliphatic carbocycles. The number of rotatable bonds is 9.